The summed E-state index contributed by atoms with van der Waals surface area (Å²) in [6.45, 7) is 7.18. The fraction of sp³-hybridized carbons (Fsp3) is 0.750. The van der Waals surface area contributed by atoms with Crippen LogP contribution in [-0.4, -0.2) is 66.2 Å². The lowest BCUT2D eigenvalue weighted by molar-refractivity contribution is 0.138. The zero-order valence-corrected chi connectivity index (χ0v) is 12.9. The van der Waals surface area contributed by atoms with E-state index in [1.54, 1.807) is 0 Å². The fourth-order valence-corrected chi connectivity index (χ4v) is 2.23. The molecule has 1 saturated heterocycles. The van der Waals surface area contributed by atoms with Crippen LogP contribution in [0.2, 0.25) is 5.28 Å². The molecule has 0 amide bonds. The van der Waals surface area contributed by atoms with Gasteiger partial charge in [-0.25, -0.2) is 0 Å². The standard InChI is InChI=1S/C12H21ClN6/c1-12(2)8-19(7-6-18(12)5)11-15-9(13)14-10(16-11)17(3)4/h6-8H2,1-5H3. The summed E-state index contributed by atoms with van der Waals surface area (Å²) in [5.74, 6) is 1.25. The first-order valence-electron chi connectivity index (χ1n) is 6.35. The summed E-state index contributed by atoms with van der Waals surface area (Å²) in [6.07, 6.45) is 0. The molecular formula is C12H21ClN6. The molecule has 1 aliphatic rings. The molecule has 2 heterocycles. The molecule has 0 bridgehead atoms. The van der Waals surface area contributed by atoms with Crippen molar-refractivity contribution >= 4 is 23.5 Å². The first-order valence-corrected chi connectivity index (χ1v) is 6.72. The van der Waals surface area contributed by atoms with Gasteiger partial charge in [0, 0.05) is 39.3 Å². The number of piperazine rings is 1. The Morgan fingerprint density at radius 3 is 2.42 bits per heavy atom. The van der Waals surface area contributed by atoms with Crippen molar-refractivity contribution in [2.45, 2.75) is 19.4 Å². The largest absolute Gasteiger partial charge is 0.347 e. The summed E-state index contributed by atoms with van der Waals surface area (Å²) in [6, 6.07) is 0. The van der Waals surface area contributed by atoms with Gasteiger partial charge in [-0.1, -0.05) is 0 Å². The topological polar surface area (TPSA) is 48.4 Å². The van der Waals surface area contributed by atoms with Crippen LogP contribution in [-0.2, 0) is 0 Å². The Morgan fingerprint density at radius 2 is 1.84 bits per heavy atom. The summed E-state index contributed by atoms with van der Waals surface area (Å²) in [5.41, 5.74) is 0.0929. The minimum atomic E-state index is 0.0929. The molecule has 0 spiro atoms. The van der Waals surface area contributed by atoms with Crippen LogP contribution in [0.5, 0.6) is 0 Å². The first-order chi connectivity index (χ1) is 8.79. The van der Waals surface area contributed by atoms with E-state index < -0.39 is 0 Å². The predicted molar refractivity (Wildman–Crippen MR) is 78.1 cm³/mol. The summed E-state index contributed by atoms with van der Waals surface area (Å²) in [5, 5.41) is 0.241. The van der Waals surface area contributed by atoms with Crippen molar-refractivity contribution in [1.82, 2.24) is 19.9 Å². The molecule has 19 heavy (non-hydrogen) atoms. The molecule has 106 valence electrons. The number of hydrogen-bond acceptors (Lipinski definition) is 6. The molecule has 0 radical (unpaired) electrons. The van der Waals surface area contributed by atoms with E-state index in [0.29, 0.717) is 11.9 Å². The van der Waals surface area contributed by atoms with Crippen LogP contribution in [0.3, 0.4) is 0 Å². The number of halogens is 1. The van der Waals surface area contributed by atoms with Crippen LogP contribution < -0.4 is 9.80 Å². The minimum absolute atomic E-state index is 0.0929. The van der Waals surface area contributed by atoms with Crippen LogP contribution in [0, 0.1) is 0 Å². The molecule has 1 fully saturated rings. The molecule has 1 aromatic heterocycles. The van der Waals surface area contributed by atoms with Gasteiger partial charge in [-0.15, -0.1) is 0 Å². The highest BCUT2D eigenvalue weighted by Crippen LogP contribution is 2.23. The Morgan fingerprint density at radius 1 is 1.16 bits per heavy atom. The maximum Gasteiger partial charge on any atom is 0.231 e. The summed E-state index contributed by atoms with van der Waals surface area (Å²) >= 11 is 5.99. The van der Waals surface area contributed by atoms with E-state index in [0.717, 1.165) is 19.6 Å². The number of nitrogens with zero attached hydrogens (tertiary/aromatic N) is 6. The maximum atomic E-state index is 5.99. The molecule has 1 aliphatic heterocycles. The third-order valence-electron chi connectivity index (χ3n) is 3.58. The lowest BCUT2D eigenvalue weighted by Gasteiger charge is -2.45. The van der Waals surface area contributed by atoms with E-state index in [4.69, 9.17) is 11.6 Å². The molecule has 0 unspecified atom stereocenters. The number of hydrogen-bond donors (Lipinski definition) is 0. The van der Waals surface area contributed by atoms with Crippen molar-refractivity contribution in [3.05, 3.63) is 5.28 Å². The van der Waals surface area contributed by atoms with E-state index in [-0.39, 0.29) is 10.8 Å². The van der Waals surface area contributed by atoms with E-state index in [1.807, 2.05) is 19.0 Å². The summed E-state index contributed by atoms with van der Waals surface area (Å²) < 4.78 is 0. The van der Waals surface area contributed by atoms with Crippen molar-refractivity contribution in [3.63, 3.8) is 0 Å². The highest BCUT2D eigenvalue weighted by Gasteiger charge is 2.32. The predicted octanol–water partition coefficient (Wildman–Crippen LogP) is 1.12. The Kier molecular flexibility index (Phi) is 3.82. The van der Waals surface area contributed by atoms with Crippen LogP contribution in [0.25, 0.3) is 0 Å². The van der Waals surface area contributed by atoms with Gasteiger partial charge in [0.1, 0.15) is 0 Å². The number of rotatable bonds is 2. The zero-order chi connectivity index (χ0) is 14.2. The SMILES string of the molecule is CN(C)c1nc(Cl)nc(N2CCN(C)C(C)(C)C2)n1. The third-order valence-corrected chi connectivity index (χ3v) is 3.75. The number of aromatic nitrogens is 3. The molecule has 6 nitrogen and oxygen atoms in total. The van der Waals surface area contributed by atoms with Crippen LogP contribution in [0.15, 0.2) is 0 Å². The van der Waals surface area contributed by atoms with Crippen molar-refractivity contribution in [1.29, 1.82) is 0 Å². The molecular weight excluding hydrogens is 264 g/mol. The molecule has 0 saturated carbocycles. The Hall–Kier alpha value is -1.14. The number of likely N-dealkylation sites (N-methyl/N-ethyl adjacent to an activating group) is 1. The van der Waals surface area contributed by atoms with Crippen molar-refractivity contribution in [3.8, 4) is 0 Å². The highest BCUT2D eigenvalue weighted by atomic mass is 35.5. The second-order valence-corrected chi connectivity index (χ2v) is 6.09. The van der Waals surface area contributed by atoms with Crippen LogP contribution in [0.4, 0.5) is 11.9 Å². The van der Waals surface area contributed by atoms with Gasteiger partial charge in [0.05, 0.1) is 0 Å². The van der Waals surface area contributed by atoms with Crippen molar-refractivity contribution in [2.24, 2.45) is 0 Å². The van der Waals surface area contributed by atoms with E-state index in [1.165, 1.54) is 0 Å². The monoisotopic (exact) mass is 284 g/mol. The quantitative estimate of drug-likeness (QED) is 0.811. The first kappa shape index (κ1) is 14.3. The molecule has 7 heteroatoms. The van der Waals surface area contributed by atoms with Gasteiger partial charge in [0.15, 0.2) is 0 Å². The van der Waals surface area contributed by atoms with Gasteiger partial charge in [0.2, 0.25) is 17.2 Å². The Bertz CT molecular complexity index is 462. The Labute approximate surface area is 119 Å². The van der Waals surface area contributed by atoms with Crippen molar-refractivity contribution < 1.29 is 0 Å². The van der Waals surface area contributed by atoms with Crippen molar-refractivity contribution in [2.75, 3.05) is 50.6 Å². The second kappa shape index (κ2) is 5.09. The maximum absolute atomic E-state index is 5.99. The fourth-order valence-electron chi connectivity index (χ4n) is 2.08. The van der Waals surface area contributed by atoms with E-state index >= 15 is 0 Å². The second-order valence-electron chi connectivity index (χ2n) is 5.75. The van der Waals surface area contributed by atoms with Gasteiger partial charge < -0.3 is 9.80 Å². The lowest BCUT2D eigenvalue weighted by atomic mass is 10.0. The van der Waals surface area contributed by atoms with Gasteiger partial charge in [-0.2, -0.15) is 15.0 Å². The van der Waals surface area contributed by atoms with Gasteiger partial charge in [0.25, 0.3) is 0 Å². The molecule has 1 aromatic rings. The molecule has 0 aliphatic carbocycles. The average molecular weight is 285 g/mol. The van der Waals surface area contributed by atoms with Crippen LogP contribution >= 0.6 is 11.6 Å². The normalized spacial score (nSPS) is 19.6. The lowest BCUT2D eigenvalue weighted by Crippen LogP contribution is -2.58. The molecule has 0 atom stereocenters. The van der Waals surface area contributed by atoms with Crippen LogP contribution in [0.1, 0.15) is 13.8 Å². The molecule has 0 aromatic carbocycles. The van der Waals surface area contributed by atoms with E-state index in [9.17, 15) is 0 Å². The minimum Gasteiger partial charge on any atom is -0.347 e. The van der Waals surface area contributed by atoms with Gasteiger partial charge in [-0.05, 0) is 32.5 Å². The zero-order valence-electron chi connectivity index (χ0n) is 12.2. The smallest absolute Gasteiger partial charge is 0.231 e. The average Bonchev–Trinajstić information content (AvgIpc) is 2.31. The Balaban J connectivity index is 2.27. The third kappa shape index (κ3) is 3.06. The molecule has 2 rings (SSSR count). The summed E-state index contributed by atoms with van der Waals surface area (Å²) in [7, 11) is 5.93. The van der Waals surface area contributed by atoms with Gasteiger partial charge >= 0.3 is 0 Å². The molecule has 0 N–H and O–H groups in total. The number of anilines is 2. The van der Waals surface area contributed by atoms with Gasteiger partial charge in [-0.3, -0.25) is 4.90 Å². The highest BCUT2D eigenvalue weighted by molar-refractivity contribution is 6.28. The van der Waals surface area contributed by atoms with E-state index in [2.05, 4.69) is 45.6 Å². The summed E-state index contributed by atoms with van der Waals surface area (Å²) in [4.78, 5) is 19.2.